The van der Waals surface area contributed by atoms with Crippen LogP contribution in [0.15, 0.2) is 18.2 Å². The fraction of sp³-hybridized carbons (Fsp3) is 0.588. The molecule has 2 N–H and O–H groups in total. The van der Waals surface area contributed by atoms with Crippen LogP contribution in [0, 0.1) is 0 Å². The molecule has 2 heterocycles. The van der Waals surface area contributed by atoms with Gasteiger partial charge >= 0.3 is 0 Å². The van der Waals surface area contributed by atoms with Crippen LogP contribution in [0.25, 0.3) is 0 Å². The first-order valence-electron chi connectivity index (χ1n) is 8.17. The number of carbonyl (C=O) groups is 1. The van der Waals surface area contributed by atoms with Gasteiger partial charge in [-0.05, 0) is 58.0 Å². The zero-order chi connectivity index (χ0) is 17.6. The van der Waals surface area contributed by atoms with E-state index < -0.39 is 20.5 Å². The molecule has 1 aromatic rings. The summed E-state index contributed by atoms with van der Waals surface area (Å²) < 4.78 is 29.1. The minimum Gasteiger partial charge on any atom is -0.487 e. The number of fused-ring (bicyclic) bond motifs is 1. The summed E-state index contributed by atoms with van der Waals surface area (Å²) in [7, 11) is -3.51. The highest BCUT2D eigenvalue weighted by Gasteiger charge is 2.48. The molecule has 8 heteroatoms. The Kier molecular flexibility index (Phi) is 5.42. The highest BCUT2D eigenvalue weighted by Crippen LogP contribution is 2.37. The van der Waals surface area contributed by atoms with Crippen LogP contribution in [-0.4, -0.2) is 44.0 Å². The second kappa shape index (κ2) is 6.78. The van der Waals surface area contributed by atoms with E-state index >= 15 is 0 Å². The minimum atomic E-state index is -3.51. The minimum absolute atomic E-state index is 0. The van der Waals surface area contributed by atoms with Crippen molar-refractivity contribution >= 4 is 33.8 Å². The lowest BCUT2D eigenvalue weighted by Crippen LogP contribution is -2.55. The van der Waals surface area contributed by atoms with E-state index in [2.05, 4.69) is 10.6 Å². The predicted molar refractivity (Wildman–Crippen MR) is 100 cm³/mol. The molecular formula is C17H25ClN2O4S. The van der Waals surface area contributed by atoms with Crippen LogP contribution in [0.4, 0.5) is 5.69 Å². The van der Waals surface area contributed by atoms with Crippen molar-refractivity contribution in [3.05, 3.63) is 23.8 Å². The Bertz CT molecular complexity index is 771. The van der Waals surface area contributed by atoms with Gasteiger partial charge in [-0.1, -0.05) is 0 Å². The second-order valence-corrected chi connectivity index (χ2v) is 9.66. The molecule has 0 aliphatic carbocycles. The number of nitrogens with one attached hydrogen (secondary N) is 2. The number of halogens is 1. The first kappa shape index (κ1) is 20.0. The van der Waals surface area contributed by atoms with Crippen LogP contribution >= 0.6 is 12.4 Å². The largest absolute Gasteiger partial charge is 0.487 e. The molecule has 1 fully saturated rings. The van der Waals surface area contributed by atoms with E-state index in [1.54, 1.807) is 6.07 Å². The molecule has 6 nitrogen and oxygen atoms in total. The highest BCUT2D eigenvalue weighted by atomic mass is 35.5. The van der Waals surface area contributed by atoms with Crippen molar-refractivity contribution in [1.29, 1.82) is 0 Å². The maximum Gasteiger partial charge on any atom is 0.245 e. The molecule has 0 atom stereocenters. The molecule has 0 unspecified atom stereocenters. The Labute approximate surface area is 155 Å². The standard InChI is InChI=1S/C17H24N2O4S.ClH/c1-16(2)11-12-10-13(4-5-14(12)23-16)19-15(20)17(24(3,21)22)6-8-18-9-7-17;/h4-5,10,18H,6-9,11H2,1-3H3,(H,19,20);1H. The number of amides is 1. The molecule has 2 aliphatic rings. The summed E-state index contributed by atoms with van der Waals surface area (Å²) in [4.78, 5) is 12.8. The zero-order valence-electron chi connectivity index (χ0n) is 14.7. The first-order chi connectivity index (χ1) is 11.1. The number of hydrogen-bond acceptors (Lipinski definition) is 5. The van der Waals surface area contributed by atoms with E-state index in [9.17, 15) is 13.2 Å². The molecule has 0 aromatic heterocycles. The van der Waals surface area contributed by atoms with Gasteiger partial charge in [0.15, 0.2) is 14.6 Å². The van der Waals surface area contributed by atoms with E-state index in [0.29, 0.717) is 31.6 Å². The van der Waals surface area contributed by atoms with Crippen molar-refractivity contribution in [3.8, 4) is 5.75 Å². The predicted octanol–water partition coefficient (Wildman–Crippen LogP) is 1.93. The average molecular weight is 389 g/mol. The number of hydrogen-bond donors (Lipinski definition) is 2. The lowest BCUT2D eigenvalue weighted by molar-refractivity contribution is -0.119. The summed E-state index contributed by atoms with van der Waals surface area (Å²) in [5, 5.41) is 5.93. The van der Waals surface area contributed by atoms with Crippen LogP contribution in [0.1, 0.15) is 32.3 Å². The fourth-order valence-corrected chi connectivity index (χ4v) is 4.86. The van der Waals surface area contributed by atoms with Gasteiger partial charge < -0.3 is 15.4 Å². The Balaban J connectivity index is 0.00000225. The number of piperidine rings is 1. The van der Waals surface area contributed by atoms with Gasteiger partial charge in [0.25, 0.3) is 0 Å². The smallest absolute Gasteiger partial charge is 0.245 e. The van der Waals surface area contributed by atoms with Gasteiger partial charge in [-0.3, -0.25) is 4.79 Å². The number of sulfone groups is 1. The van der Waals surface area contributed by atoms with E-state index in [-0.39, 0.29) is 18.0 Å². The lowest BCUT2D eigenvalue weighted by Gasteiger charge is -2.34. The van der Waals surface area contributed by atoms with Crippen LogP contribution in [-0.2, 0) is 21.1 Å². The number of rotatable bonds is 3. The SMILES string of the molecule is CC1(C)Cc2cc(NC(=O)C3(S(C)(=O)=O)CCNCC3)ccc2O1.Cl. The van der Waals surface area contributed by atoms with Gasteiger partial charge in [-0.2, -0.15) is 0 Å². The number of anilines is 1. The fourth-order valence-electron chi connectivity index (χ4n) is 3.53. The molecule has 0 radical (unpaired) electrons. The quantitative estimate of drug-likeness (QED) is 0.826. The summed E-state index contributed by atoms with van der Waals surface area (Å²) in [5.74, 6) is 0.377. The van der Waals surface area contributed by atoms with Crippen LogP contribution in [0.5, 0.6) is 5.75 Å². The van der Waals surface area contributed by atoms with Gasteiger partial charge in [0.05, 0.1) is 0 Å². The summed E-state index contributed by atoms with van der Waals surface area (Å²) in [6.07, 6.45) is 2.49. The third-order valence-corrected chi connectivity index (χ3v) is 6.87. The van der Waals surface area contributed by atoms with Gasteiger partial charge in [0.2, 0.25) is 5.91 Å². The monoisotopic (exact) mass is 388 g/mol. The average Bonchev–Trinajstić information content (AvgIpc) is 2.80. The summed E-state index contributed by atoms with van der Waals surface area (Å²) in [6, 6.07) is 5.46. The summed E-state index contributed by atoms with van der Waals surface area (Å²) in [6.45, 7) is 5.07. The molecule has 0 bridgehead atoms. The van der Waals surface area contributed by atoms with E-state index in [0.717, 1.165) is 24.0 Å². The van der Waals surface area contributed by atoms with Gasteiger partial charge in [0, 0.05) is 23.9 Å². The molecule has 1 aromatic carbocycles. The molecule has 3 rings (SSSR count). The Morgan fingerprint density at radius 3 is 2.48 bits per heavy atom. The molecule has 0 saturated carbocycles. The molecule has 1 amide bonds. The van der Waals surface area contributed by atoms with E-state index in [1.807, 2.05) is 26.0 Å². The molecule has 2 aliphatic heterocycles. The second-order valence-electron chi connectivity index (χ2n) is 7.33. The topological polar surface area (TPSA) is 84.5 Å². The van der Waals surface area contributed by atoms with E-state index in [1.165, 1.54) is 0 Å². The molecule has 140 valence electrons. The molecule has 25 heavy (non-hydrogen) atoms. The number of ether oxygens (including phenoxy) is 1. The van der Waals surface area contributed by atoms with Crippen molar-refractivity contribution in [2.24, 2.45) is 0 Å². The molecular weight excluding hydrogens is 364 g/mol. The highest BCUT2D eigenvalue weighted by molar-refractivity contribution is 7.92. The first-order valence-corrected chi connectivity index (χ1v) is 10.1. The summed E-state index contributed by atoms with van der Waals surface area (Å²) >= 11 is 0. The van der Waals surface area contributed by atoms with Crippen molar-refractivity contribution < 1.29 is 17.9 Å². The van der Waals surface area contributed by atoms with Crippen LogP contribution in [0.2, 0.25) is 0 Å². The third-order valence-electron chi connectivity index (χ3n) is 4.86. The lowest BCUT2D eigenvalue weighted by atomic mass is 9.95. The normalized spacial score (nSPS) is 20.8. The van der Waals surface area contributed by atoms with E-state index in [4.69, 9.17) is 4.74 Å². The third kappa shape index (κ3) is 3.78. The van der Waals surface area contributed by atoms with Gasteiger partial charge in [0.1, 0.15) is 11.4 Å². The maximum absolute atomic E-state index is 12.8. The molecule has 1 saturated heterocycles. The Hall–Kier alpha value is -1.31. The van der Waals surface area contributed by atoms with Crippen LogP contribution < -0.4 is 15.4 Å². The molecule has 0 spiro atoms. The van der Waals surface area contributed by atoms with Crippen molar-refractivity contribution in [2.45, 2.75) is 43.5 Å². The Morgan fingerprint density at radius 2 is 1.88 bits per heavy atom. The van der Waals surface area contributed by atoms with Gasteiger partial charge in [-0.15, -0.1) is 12.4 Å². The van der Waals surface area contributed by atoms with Crippen molar-refractivity contribution in [1.82, 2.24) is 5.32 Å². The Morgan fingerprint density at radius 1 is 1.24 bits per heavy atom. The summed E-state index contributed by atoms with van der Waals surface area (Å²) in [5.41, 5.74) is 1.38. The number of carbonyl (C=O) groups excluding carboxylic acids is 1. The number of benzene rings is 1. The van der Waals surface area contributed by atoms with Crippen molar-refractivity contribution in [2.75, 3.05) is 24.7 Å². The maximum atomic E-state index is 12.8. The van der Waals surface area contributed by atoms with Crippen molar-refractivity contribution in [3.63, 3.8) is 0 Å². The van der Waals surface area contributed by atoms with Gasteiger partial charge in [-0.25, -0.2) is 8.42 Å². The zero-order valence-corrected chi connectivity index (χ0v) is 16.4. The van der Waals surface area contributed by atoms with Crippen LogP contribution in [0.3, 0.4) is 0 Å².